The van der Waals surface area contributed by atoms with E-state index in [1.165, 1.54) is 0 Å². The maximum Gasteiger partial charge on any atom is 0.303 e. The minimum Gasteiger partial charge on any atom is -0.481 e. The number of carboxylic acid groups (broad SMARTS) is 1. The van der Waals surface area contributed by atoms with Crippen LogP contribution in [0.3, 0.4) is 0 Å². The van der Waals surface area contributed by atoms with Crippen LogP contribution < -0.4 is 10.2 Å². The van der Waals surface area contributed by atoms with Crippen LogP contribution in [0.2, 0.25) is 0 Å². The molecule has 25 heavy (non-hydrogen) atoms. The number of aliphatic carboxylic acids is 1. The van der Waals surface area contributed by atoms with Crippen molar-refractivity contribution in [1.29, 1.82) is 0 Å². The first-order valence-corrected chi connectivity index (χ1v) is 8.50. The number of carboxylic acids is 1. The van der Waals surface area contributed by atoms with Gasteiger partial charge < -0.3 is 15.3 Å². The van der Waals surface area contributed by atoms with E-state index in [9.17, 15) is 9.59 Å². The normalized spacial score (nSPS) is 19.2. The van der Waals surface area contributed by atoms with Crippen molar-refractivity contribution >= 4 is 23.3 Å². The van der Waals surface area contributed by atoms with Gasteiger partial charge in [0.05, 0.1) is 12.5 Å². The lowest BCUT2D eigenvalue weighted by atomic mass is 9.91. The average molecular weight is 338 g/mol. The molecule has 1 heterocycles. The smallest absolute Gasteiger partial charge is 0.303 e. The summed E-state index contributed by atoms with van der Waals surface area (Å²) in [7, 11) is 0. The number of carbonyl (C=O) groups excluding carboxylic acids is 1. The van der Waals surface area contributed by atoms with Crippen molar-refractivity contribution in [2.75, 3.05) is 10.2 Å². The molecule has 0 aromatic heterocycles. The van der Waals surface area contributed by atoms with Crippen molar-refractivity contribution < 1.29 is 14.7 Å². The standard InChI is InChI=1S/C20H22N2O3/c1-14-13-17(21-15-7-3-2-4-8-15)16-9-5-6-10-18(16)22(14)19(23)11-12-20(24)25/h2-10,14,17,21H,11-13H2,1H3,(H,24,25)/t14-,17+/m0/s1. The van der Waals surface area contributed by atoms with Crippen LogP contribution in [0.25, 0.3) is 0 Å². The van der Waals surface area contributed by atoms with Gasteiger partial charge in [-0.2, -0.15) is 0 Å². The summed E-state index contributed by atoms with van der Waals surface area (Å²) in [4.78, 5) is 25.1. The molecule has 5 heteroatoms. The summed E-state index contributed by atoms with van der Waals surface area (Å²) in [5.74, 6) is -1.09. The van der Waals surface area contributed by atoms with E-state index in [2.05, 4.69) is 5.32 Å². The summed E-state index contributed by atoms with van der Waals surface area (Å²) in [6.45, 7) is 2.01. The highest BCUT2D eigenvalue weighted by Gasteiger charge is 2.33. The topological polar surface area (TPSA) is 69.6 Å². The van der Waals surface area contributed by atoms with Crippen LogP contribution in [0.1, 0.15) is 37.8 Å². The lowest BCUT2D eigenvalue weighted by Crippen LogP contribution is -2.44. The Balaban J connectivity index is 1.87. The van der Waals surface area contributed by atoms with E-state index in [4.69, 9.17) is 5.11 Å². The van der Waals surface area contributed by atoms with Gasteiger partial charge in [0.25, 0.3) is 0 Å². The number of hydrogen-bond donors (Lipinski definition) is 2. The van der Waals surface area contributed by atoms with Crippen molar-refractivity contribution in [3.63, 3.8) is 0 Å². The maximum absolute atomic E-state index is 12.6. The predicted molar refractivity (Wildman–Crippen MR) is 97.7 cm³/mol. The largest absolute Gasteiger partial charge is 0.481 e. The molecule has 0 aliphatic carbocycles. The Bertz CT molecular complexity index is 761. The first kappa shape index (κ1) is 17.0. The first-order valence-electron chi connectivity index (χ1n) is 8.50. The van der Waals surface area contributed by atoms with Crippen LogP contribution in [-0.4, -0.2) is 23.0 Å². The van der Waals surface area contributed by atoms with Crippen LogP contribution in [-0.2, 0) is 9.59 Å². The highest BCUT2D eigenvalue weighted by atomic mass is 16.4. The van der Waals surface area contributed by atoms with Gasteiger partial charge in [-0.25, -0.2) is 0 Å². The number of fused-ring (bicyclic) bond motifs is 1. The molecule has 3 rings (SSSR count). The van der Waals surface area contributed by atoms with Gasteiger partial charge in [0.2, 0.25) is 5.91 Å². The second-order valence-electron chi connectivity index (χ2n) is 6.36. The van der Waals surface area contributed by atoms with Crippen molar-refractivity contribution in [3.05, 3.63) is 60.2 Å². The molecule has 0 saturated carbocycles. The predicted octanol–water partition coefficient (Wildman–Crippen LogP) is 3.83. The van der Waals surface area contributed by atoms with Crippen LogP contribution in [0.15, 0.2) is 54.6 Å². The van der Waals surface area contributed by atoms with Gasteiger partial charge in [-0.15, -0.1) is 0 Å². The molecule has 0 unspecified atom stereocenters. The van der Waals surface area contributed by atoms with Gasteiger partial charge in [0.15, 0.2) is 0 Å². The molecule has 0 radical (unpaired) electrons. The van der Waals surface area contributed by atoms with Gasteiger partial charge in [0, 0.05) is 23.8 Å². The molecule has 130 valence electrons. The molecule has 1 aliphatic heterocycles. The number of rotatable bonds is 5. The Kier molecular flexibility index (Phi) is 5.03. The number of carbonyl (C=O) groups is 2. The minimum atomic E-state index is -0.949. The molecule has 2 atom stereocenters. The summed E-state index contributed by atoms with van der Waals surface area (Å²) in [5.41, 5.74) is 2.97. The molecular weight excluding hydrogens is 316 g/mol. The zero-order valence-electron chi connectivity index (χ0n) is 14.2. The van der Waals surface area contributed by atoms with E-state index >= 15 is 0 Å². The Morgan fingerprint density at radius 2 is 1.76 bits per heavy atom. The second-order valence-corrected chi connectivity index (χ2v) is 6.36. The third kappa shape index (κ3) is 3.82. The maximum atomic E-state index is 12.6. The van der Waals surface area contributed by atoms with Crippen molar-refractivity contribution in [2.45, 2.75) is 38.3 Å². The molecule has 1 aliphatic rings. The Morgan fingerprint density at radius 1 is 1.08 bits per heavy atom. The first-order chi connectivity index (χ1) is 12.1. The summed E-state index contributed by atoms with van der Waals surface area (Å²) in [6, 6.07) is 17.9. The summed E-state index contributed by atoms with van der Waals surface area (Å²) in [5, 5.41) is 12.4. The molecule has 5 nitrogen and oxygen atoms in total. The molecule has 0 saturated heterocycles. The molecule has 0 spiro atoms. The second kappa shape index (κ2) is 7.38. The lowest BCUT2D eigenvalue weighted by molar-refractivity contribution is -0.138. The summed E-state index contributed by atoms with van der Waals surface area (Å²) < 4.78 is 0. The number of nitrogens with one attached hydrogen (secondary N) is 1. The minimum absolute atomic E-state index is 0.00240. The van der Waals surface area contributed by atoms with Crippen molar-refractivity contribution in [3.8, 4) is 0 Å². The molecule has 2 aromatic rings. The molecule has 0 bridgehead atoms. The quantitative estimate of drug-likeness (QED) is 0.869. The van der Waals surface area contributed by atoms with E-state index < -0.39 is 5.97 Å². The van der Waals surface area contributed by atoms with Gasteiger partial charge in [-0.05, 0) is 37.1 Å². The monoisotopic (exact) mass is 338 g/mol. The van der Waals surface area contributed by atoms with Crippen molar-refractivity contribution in [2.24, 2.45) is 0 Å². The fourth-order valence-electron chi connectivity index (χ4n) is 3.40. The fourth-order valence-corrected chi connectivity index (χ4v) is 3.40. The van der Waals surface area contributed by atoms with E-state index in [-0.39, 0.29) is 30.8 Å². The van der Waals surface area contributed by atoms with Gasteiger partial charge in [-0.1, -0.05) is 36.4 Å². The van der Waals surface area contributed by atoms with Crippen LogP contribution in [0.4, 0.5) is 11.4 Å². The summed E-state index contributed by atoms with van der Waals surface area (Å²) >= 11 is 0. The fraction of sp³-hybridized carbons (Fsp3) is 0.300. The summed E-state index contributed by atoms with van der Waals surface area (Å²) in [6.07, 6.45) is 0.644. The number of amides is 1. The molecule has 1 amide bonds. The van der Waals surface area contributed by atoms with E-state index in [0.717, 1.165) is 23.4 Å². The lowest BCUT2D eigenvalue weighted by Gasteiger charge is -2.40. The average Bonchev–Trinajstić information content (AvgIpc) is 2.61. The molecule has 0 fully saturated rings. The highest BCUT2D eigenvalue weighted by molar-refractivity contribution is 5.96. The molecule has 2 N–H and O–H groups in total. The Labute approximate surface area is 147 Å². The van der Waals surface area contributed by atoms with Crippen LogP contribution >= 0.6 is 0 Å². The third-order valence-electron chi connectivity index (χ3n) is 4.53. The zero-order valence-corrected chi connectivity index (χ0v) is 14.2. The zero-order chi connectivity index (χ0) is 17.8. The van der Waals surface area contributed by atoms with Gasteiger partial charge in [-0.3, -0.25) is 9.59 Å². The number of benzene rings is 2. The van der Waals surface area contributed by atoms with Crippen LogP contribution in [0, 0.1) is 0 Å². The molecular formula is C20H22N2O3. The molecule has 2 aromatic carbocycles. The number of nitrogens with zero attached hydrogens (tertiary/aromatic N) is 1. The van der Waals surface area contributed by atoms with Crippen molar-refractivity contribution in [1.82, 2.24) is 0 Å². The van der Waals surface area contributed by atoms with Crippen LogP contribution in [0.5, 0.6) is 0 Å². The number of para-hydroxylation sites is 2. The van der Waals surface area contributed by atoms with E-state index in [1.807, 2.05) is 61.5 Å². The number of hydrogen-bond acceptors (Lipinski definition) is 3. The third-order valence-corrected chi connectivity index (χ3v) is 4.53. The Morgan fingerprint density at radius 3 is 2.48 bits per heavy atom. The Hall–Kier alpha value is -2.82. The van der Waals surface area contributed by atoms with E-state index in [0.29, 0.717) is 0 Å². The van der Waals surface area contributed by atoms with E-state index in [1.54, 1.807) is 4.90 Å². The van der Waals surface area contributed by atoms with Gasteiger partial charge in [0.1, 0.15) is 0 Å². The highest BCUT2D eigenvalue weighted by Crippen LogP contribution is 2.39. The van der Waals surface area contributed by atoms with Gasteiger partial charge >= 0.3 is 5.97 Å². The number of anilines is 2. The SMILES string of the molecule is C[C@H]1C[C@@H](Nc2ccccc2)c2ccccc2N1C(=O)CCC(=O)O.